The van der Waals surface area contributed by atoms with Gasteiger partial charge >= 0.3 is 0 Å². The first-order valence-electron chi connectivity index (χ1n) is 9.58. The van der Waals surface area contributed by atoms with Crippen LogP contribution in [-0.4, -0.2) is 52.0 Å². The Morgan fingerprint density at radius 2 is 2.00 bits per heavy atom. The summed E-state index contributed by atoms with van der Waals surface area (Å²) < 4.78 is 45.1. The van der Waals surface area contributed by atoms with Crippen LogP contribution in [0.2, 0.25) is 0 Å². The van der Waals surface area contributed by atoms with Gasteiger partial charge in [0.15, 0.2) is 5.82 Å². The van der Waals surface area contributed by atoms with Gasteiger partial charge in [0.1, 0.15) is 29.3 Å². The number of halogens is 1. The second-order valence-electron chi connectivity index (χ2n) is 6.96. The van der Waals surface area contributed by atoms with E-state index in [1.54, 1.807) is 35.0 Å². The van der Waals surface area contributed by atoms with Gasteiger partial charge in [-0.2, -0.15) is 5.10 Å². The molecule has 3 aromatic heterocycles. The number of carbonyl (C=O) groups excluding carboxylic acids is 1. The molecule has 0 bridgehead atoms. The van der Waals surface area contributed by atoms with Crippen LogP contribution in [0.1, 0.15) is 5.56 Å². The summed E-state index contributed by atoms with van der Waals surface area (Å²) >= 11 is 0. The maximum absolute atomic E-state index is 14.2. The molecule has 0 saturated heterocycles. The summed E-state index contributed by atoms with van der Waals surface area (Å²) in [7, 11) is -3.51. The lowest BCUT2D eigenvalue weighted by Crippen LogP contribution is -2.32. The lowest BCUT2D eigenvalue weighted by Gasteiger charge is -2.07. The summed E-state index contributed by atoms with van der Waals surface area (Å²) in [5.41, 5.74) is 1.82. The average Bonchev–Trinajstić information content (AvgIpc) is 3.44. The fourth-order valence-corrected chi connectivity index (χ4v) is 3.31. The Labute approximate surface area is 187 Å². The average molecular weight is 471 g/mol. The zero-order valence-electron chi connectivity index (χ0n) is 17.3. The molecule has 0 aliphatic heterocycles. The molecule has 2 N–H and O–H groups in total. The van der Waals surface area contributed by atoms with E-state index < -0.39 is 22.5 Å². The number of benzene rings is 1. The number of rotatable bonds is 8. The number of aromatic nitrogens is 5. The largest absolute Gasteiger partial charge is 0.364 e. The molecule has 33 heavy (non-hydrogen) atoms. The predicted molar refractivity (Wildman–Crippen MR) is 116 cm³/mol. The topological polar surface area (TPSA) is 145 Å². The zero-order chi connectivity index (χ0) is 23.4. The molecule has 4 rings (SSSR count). The van der Waals surface area contributed by atoms with Crippen molar-refractivity contribution in [3.05, 3.63) is 66.3 Å². The van der Waals surface area contributed by atoms with Crippen LogP contribution in [0.25, 0.3) is 22.9 Å². The molecule has 11 nitrogen and oxygen atoms in total. The highest BCUT2D eigenvalue weighted by atomic mass is 32.2. The summed E-state index contributed by atoms with van der Waals surface area (Å²) in [4.78, 5) is 20.5. The summed E-state index contributed by atoms with van der Waals surface area (Å²) in [6.45, 7) is -0.311. The summed E-state index contributed by atoms with van der Waals surface area (Å²) in [5, 5.41) is 10.9. The molecule has 0 saturated carbocycles. The molecule has 0 fully saturated rings. The van der Waals surface area contributed by atoms with Gasteiger partial charge in [0.2, 0.25) is 15.9 Å². The summed E-state index contributed by atoms with van der Waals surface area (Å²) in [5.74, 6) is -0.615. The minimum Gasteiger partial charge on any atom is -0.364 e. The molecule has 0 aliphatic rings. The highest BCUT2D eigenvalue weighted by Gasteiger charge is 2.17. The van der Waals surface area contributed by atoms with Gasteiger partial charge in [0, 0.05) is 17.8 Å². The Kier molecular flexibility index (Phi) is 6.24. The van der Waals surface area contributed by atoms with Crippen LogP contribution in [0.5, 0.6) is 0 Å². The number of amides is 1. The fraction of sp³-hybridized carbons (Fsp3) is 0.150. The lowest BCUT2D eigenvalue weighted by molar-refractivity contribution is -0.115. The minimum absolute atomic E-state index is 0.127. The van der Waals surface area contributed by atoms with Crippen molar-refractivity contribution in [1.29, 1.82) is 0 Å². The Hall–Kier alpha value is -3.97. The molecular weight excluding hydrogens is 453 g/mol. The highest BCUT2D eigenvalue weighted by Crippen LogP contribution is 2.25. The van der Waals surface area contributed by atoms with Crippen LogP contribution in [0, 0.1) is 5.82 Å². The summed E-state index contributed by atoms with van der Waals surface area (Å²) in [6.07, 6.45) is 3.79. The first kappa shape index (κ1) is 22.2. The van der Waals surface area contributed by atoms with Crippen LogP contribution in [-0.2, 0) is 21.4 Å². The third-order valence-electron chi connectivity index (χ3n) is 4.41. The lowest BCUT2D eigenvalue weighted by atomic mass is 10.2. The van der Waals surface area contributed by atoms with Crippen molar-refractivity contribution in [2.45, 2.75) is 6.54 Å². The Balaban J connectivity index is 1.62. The van der Waals surface area contributed by atoms with Gasteiger partial charge in [-0.15, -0.1) is 0 Å². The highest BCUT2D eigenvalue weighted by molar-refractivity contribution is 7.88. The third-order valence-corrected chi connectivity index (χ3v) is 5.07. The number of nitrogens with one attached hydrogen (secondary N) is 2. The van der Waals surface area contributed by atoms with E-state index in [9.17, 15) is 17.6 Å². The van der Waals surface area contributed by atoms with Crippen molar-refractivity contribution in [3.8, 4) is 22.9 Å². The van der Waals surface area contributed by atoms with Crippen LogP contribution < -0.4 is 10.0 Å². The normalized spacial score (nSPS) is 11.5. The van der Waals surface area contributed by atoms with Gasteiger partial charge in [-0.25, -0.2) is 27.5 Å². The first-order valence-corrected chi connectivity index (χ1v) is 11.5. The second-order valence-corrected chi connectivity index (χ2v) is 8.79. The number of hydrogen-bond donors (Lipinski definition) is 2. The minimum atomic E-state index is -3.51. The molecular formula is C20H18FN7O4S. The molecule has 1 amide bonds. The molecule has 0 atom stereocenters. The SMILES string of the molecule is CS(=O)(=O)NCC(=O)Nc1ccnc(-c2cc(-c3ccon3)n(Cc3ccccc3F)n2)n1. The molecule has 1 aromatic carbocycles. The van der Waals surface area contributed by atoms with Crippen molar-refractivity contribution in [1.82, 2.24) is 29.6 Å². The molecule has 0 aliphatic carbocycles. The van der Waals surface area contributed by atoms with E-state index in [1.807, 2.05) is 0 Å². The maximum atomic E-state index is 14.2. The maximum Gasteiger partial charge on any atom is 0.240 e. The molecule has 170 valence electrons. The molecule has 0 spiro atoms. The number of sulfonamides is 1. The monoisotopic (exact) mass is 471 g/mol. The number of carbonyl (C=O) groups is 1. The molecule has 4 aromatic rings. The first-order chi connectivity index (χ1) is 15.8. The van der Waals surface area contributed by atoms with Crippen molar-refractivity contribution in [3.63, 3.8) is 0 Å². The van der Waals surface area contributed by atoms with Gasteiger partial charge < -0.3 is 9.84 Å². The van der Waals surface area contributed by atoms with E-state index in [-0.39, 0.29) is 24.0 Å². The smallest absolute Gasteiger partial charge is 0.240 e. The van der Waals surface area contributed by atoms with Gasteiger partial charge in [0.05, 0.1) is 25.0 Å². The van der Waals surface area contributed by atoms with E-state index in [4.69, 9.17) is 4.52 Å². The van der Waals surface area contributed by atoms with Crippen molar-refractivity contribution in [2.75, 3.05) is 18.1 Å². The molecule has 0 unspecified atom stereocenters. The van der Waals surface area contributed by atoms with E-state index in [2.05, 4.69) is 30.3 Å². The van der Waals surface area contributed by atoms with Gasteiger partial charge in [-0.3, -0.25) is 9.48 Å². The molecule has 0 radical (unpaired) electrons. The second kappa shape index (κ2) is 9.26. The Morgan fingerprint density at radius 1 is 1.18 bits per heavy atom. The fourth-order valence-electron chi connectivity index (χ4n) is 2.92. The molecule has 3 heterocycles. The van der Waals surface area contributed by atoms with Crippen LogP contribution in [0.4, 0.5) is 10.2 Å². The zero-order valence-corrected chi connectivity index (χ0v) is 18.1. The van der Waals surface area contributed by atoms with Crippen molar-refractivity contribution in [2.24, 2.45) is 0 Å². The number of anilines is 1. The van der Waals surface area contributed by atoms with E-state index >= 15 is 0 Å². The van der Waals surface area contributed by atoms with Gasteiger partial charge in [-0.05, 0) is 18.2 Å². The Bertz CT molecular complexity index is 1390. The number of nitrogens with zero attached hydrogens (tertiary/aromatic N) is 5. The molecule has 13 heteroatoms. The quantitative estimate of drug-likeness (QED) is 0.395. The van der Waals surface area contributed by atoms with Gasteiger partial charge in [-0.1, -0.05) is 23.4 Å². The van der Waals surface area contributed by atoms with E-state index in [0.717, 1.165) is 6.26 Å². The van der Waals surface area contributed by atoms with Crippen LogP contribution in [0.15, 0.2) is 59.4 Å². The van der Waals surface area contributed by atoms with Gasteiger partial charge in [0.25, 0.3) is 0 Å². The van der Waals surface area contributed by atoms with Crippen LogP contribution >= 0.6 is 0 Å². The summed E-state index contributed by atoms with van der Waals surface area (Å²) in [6, 6.07) is 11.1. The van der Waals surface area contributed by atoms with E-state index in [0.29, 0.717) is 22.6 Å². The standard InChI is InChI=1S/C20H18FN7O4S/c1-33(30,31)23-11-19(29)24-18-6-8-22-20(25-18)16-10-17(15-7-9-32-27-15)28(26-16)12-13-4-2-3-5-14(13)21/h2-10,23H,11-12H2,1H3,(H,22,24,25,29). The Morgan fingerprint density at radius 3 is 2.73 bits per heavy atom. The number of hydrogen-bond acceptors (Lipinski definition) is 8. The third kappa shape index (κ3) is 5.64. The van der Waals surface area contributed by atoms with Crippen molar-refractivity contribution < 1.29 is 22.1 Å². The van der Waals surface area contributed by atoms with Crippen LogP contribution in [0.3, 0.4) is 0 Å². The van der Waals surface area contributed by atoms with E-state index in [1.165, 1.54) is 24.6 Å². The van der Waals surface area contributed by atoms with Crippen molar-refractivity contribution >= 4 is 21.7 Å². The predicted octanol–water partition coefficient (Wildman–Crippen LogP) is 1.67.